The number of benzene rings is 2. The van der Waals surface area contributed by atoms with Gasteiger partial charge >= 0.3 is 11.6 Å². The number of non-ortho nitro benzene ring substituents is 1. The van der Waals surface area contributed by atoms with Crippen LogP contribution in [0.2, 0.25) is 0 Å². The normalized spacial score (nSPS) is 10.4. The van der Waals surface area contributed by atoms with Crippen LogP contribution in [0.25, 0.3) is 0 Å². The van der Waals surface area contributed by atoms with Gasteiger partial charge in [-0.2, -0.15) is 4.57 Å². The molecule has 0 atom stereocenters. The molecule has 3 rings (SSSR count). The van der Waals surface area contributed by atoms with E-state index < -0.39 is 38.9 Å². The van der Waals surface area contributed by atoms with Crippen LogP contribution in [-0.4, -0.2) is 30.2 Å². The minimum Gasteiger partial charge on any atom is -0.457 e. The number of nitrogens with one attached hydrogen (secondary N) is 1. The van der Waals surface area contributed by atoms with E-state index in [0.717, 1.165) is 22.0 Å². The number of carbonyl (C=O) groups excluding carboxylic acids is 1. The van der Waals surface area contributed by atoms with E-state index >= 15 is 0 Å². The number of aromatic nitrogens is 2. The van der Waals surface area contributed by atoms with E-state index in [1.54, 1.807) is 24.3 Å². The standard InChI is InChI=1S/C17H11IN6O8/c18-10-1-3-13(4-2-10)32-14-6-11(5-12(7-14)22(26)27)20-15(25)8-21-9-19-16(23(28)29)17(21)24(30)31/h1-7,9H,8H2,(H,20,25). The average Bonchev–Trinajstić information content (AvgIpc) is 3.13. The number of nitro benzene ring substituents is 1. The Bertz CT molecular complexity index is 1230. The van der Waals surface area contributed by atoms with Gasteiger partial charge in [0.15, 0.2) is 6.54 Å². The van der Waals surface area contributed by atoms with Gasteiger partial charge in [0, 0.05) is 20.7 Å². The van der Waals surface area contributed by atoms with Gasteiger partial charge in [-0.3, -0.25) is 14.9 Å². The molecule has 32 heavy (non-hydrogen) atoms. The van der Waals surface area contributed by atoms with Crippen LogP contribution in [0.4, 0.5) is 23.0 Å². The van der Waals surface area contributed by atoms with Crippen LogP contribution in [0, 0.1) is 33.9 Å². The monoisotopic (exact) mass is 554 g/mol. The second-order valence-corrected chi connectivity index (χ2v) is 7.36. The molecule has 1 amide bonds. The van der Waals surface area contributed by atoms with Crippen LogP contribution in [0.5, 0.6) is 11.5 Å². The molecule has 0 radical (unpaired) electrons. The molecule has 0 unspecified atom stereocenters. The highest BCUT2D eigenvalue weighted by Crippen LogP contribution is 2.30. The Morgan fingerprint density at radius 1 is 1.00 bits per heavy atom. The molecule has 0 fully saturated rings. The summed E-state index contributed by atoms with van der Waals surface area (Å²) < 4.78 is 7.25. The quantitative estimate of drug-likeness (QED) is 0.247. The number of imidazole rings is 1. The largest absolute Gasteiger partial charge is 0.462 e. The molecule has 0 spiro atoms. The molecule has 0 aliphatic heterocycles. The molecule has 0 saturated heterocycles. The van der Waals surface area contributed by atoms with Crippen LogP contribution in [0.1, 0.15) is 0 Å². The molecule has 0 aliphatic carbocycles. The van der Waals surface area contributed by atoms with Gasteiger partial charge in [-0.15, -0.1) is 0 Å². The van der Waals surface area contributed by atoms with Gasteiger partial charge in [0.1, 0.15) is 11.5 Å². The Morgan fingerprint density at radius 3 is 2.28 bits per heavy atom. The van der Waals surface area contributed by atoms with Crippen LogP contribution in [0.15, 0.2) is 48.8 Å². The molecule has 3 aromatic rings. The molecule has 164 valence electrons. The van der Waals surface area contributed by atoms with E-state index in [2.05, 4.69) is 32.9 Å². The van der Waals surface area contributed by atoms with Gasteiger partial charge in [-0.05, 0) is 56.7 Å². The van der Waals surface area contributed by atoms with Crippen molar-refractivity contribution in [3.63, 3.8) is 0 Å². The number of carbonyl (C=O) groups is 1. The van der Waals surface area contributed by atoms with Crippen LogP contribution < -0.4 is 10.1 Å². The van der Waals surface area contributed by atoms with Gasteiger partial charge < -0.3 is 30.3 Å². The summed E-state index contributed by atoms with van der Waals surface area (Å²) in [5, 5.41) is 35.6. The Balaban J connectivity index is 1.83. The maximum absolute atomic E-state index is 12.4. The summed E-state index contributed by atoms with van der Waals surface area (Å²) in [6.07, 6.45) is 0.786. The molecule has 1 N–H and O–H groups in total. The molecular formula is C17H11IN6O8. The van der Waals surface area contributed by atoms with E-state index in [1.165, 1.54) is 6.07 Å². The first kappa shape index (κ1) is 22.5. The van der Waals surface area contributed by atoms with Crippen LogP contribution in [-0.2, 0) is 11.3 Å². The predicted octanol–water partition coefficient (Wildman–Crippen LogP) is 3.64. The number of amides is 1. The third kappa shape index (κ3) is 5.31. The Morgan fingerprint density at radius 2 is 1.69 bits per heavy atom. The van der Waals surface area contributed by atoms with Crippen molar-refractivity contribution in [3.05, 3.63) is 82.7 Å². The number of nitrogens with zero attached hydrogens (tertiary/aromatic N) is 5. The molecule has 2 aromatic carbocycles. The second-order valence-electron chi connectivity index (χ2n) is 6.11. The lowest BCUT2D eigenvalue weighted by atomic mass is 10.2. The highest BCUT2D eigenvalue weighted by molar-refractivity contribution is 14.1. The first-order valence-corrected chi connectivity index (χ1v) is 9.58. The first-order valence-electron chi connectivity index (χ1n) is 8.50. The minimum absolute atomic E-state index is 0.0121. The Kier molecular flexibility index (Phi) is 6.57. The fraction of sp³-hybridized carbons (Fsp3) is 0.0588. The molecular weight excluding hydrogens is 543 g/mol. The van der Waals surface area contributed by atoms with Crippen LogP contribution in [0.3, 0.4) is 0 Å². The molecule has 15 heteroatoms. The summed E-state index contributed by atoms with van der Waals surface area (Å²) in [7, 11) is 0. The van der Waals surface area contributed by atoms with Crippen molar-refractivity contribution in [3.8, 4) is 11.5 Å². The van der Waals surface area contributed by atoms with E-state index in [1.807, 2.05) is 0 Å². The smallest absolute Gasteiger partial charge is 0.457 e. The van der Waals surface area contributed by atoms with E-state index in [-0.39, 0.29) is 17.1 Å². The third-order valence-corrected chi connectivity index (χ3v) is 4.61. The summed E-state index contributed by atoms with van der Waals surface area (Å²) in [4.78, 5) is 46.2. The molecule has 0 bridgehead atoms. The lowest BCUT2D eigenvalue weighted by Crippen LogP contribution is -2.19. The zero-order valence-electron chi connectivity index (χ0n) is 15.7. The van der Waals surface area contributed by atoms with Crippen LogP contribution >= 0.6 is 22.6 Å². The van der Waals surface area contributed by atoms with Crippen molar-refractivity contribution < 1.29 is 24.3 Å². The fourth-order valence-corrected chi connectivity index (χ4v) is 2.97. The molecule has 0 saturated carbocycles. The number of rotatable bonds is 8. The van der Waals surface area contributed by atoms with E-state index in [9.17, 15) is 35.1 Å². The van der Waals surface area contributed by atoms with Crippen molar-refractivity contribution in [1.29, 1.82) is 0 Å². The number of ether oxygens (including phenoxy) is 1. The maximum atomic E-state index is 12.4. The third-order valence-electron chi connectivity index (χ3n) is 3.89. The van der Waals surface area contributed by atoms with Crippen molar-refractivity contribution in [1.82, 2.24) is 9.55 Å². The molecule has 1 heterocycles. The van der Waals surface area contributed by atoms with Gasteiger partial charge in [-0.25, -0.2) is 0 Å². The topological polar surface area (TPSA) is 186 Å². The Labute approximate surface area is 191 Å². The van der Waals surface area contributed by atoms with Gasteiger partial charge in [0.05, 0.1) is 16.7 Å². The zero-order chi connectivity index (χ0) is 23.4. The summed E-state index contributed by atoms with van der Waals surface area (Å²) in [5.41, 5.74) is -0.380. The van der Waals surface area contributed by atoms with Crippen molar-refractivity contribution in [2.24, 2.45) is 0 Å². The van der Waals surface area contributed by atoms with Gasteiger partial charge in [0.25, 0.3) is 17.9 Å². The molecule has 14 nitrogen and oxygen atoms in total. The zero-order valence-corrected chi connectivity index (χ0v) is 17.9. The summed E-state index contributed by atoms with van der Waals surface area (Å²) in [6.45, 7) is -0.687. The fourth-order valence-electron chi connectivity index (χ4n) is 2.61. The minimum atomic E-state index is -1.04. The number of hydrogen-bond donors (Lipinski definition) is 1. The predicted molar refractivity (Wildman–Crippen MR) is 116 cm³/mol. The highest BCUT2D eigenvalue weighted by Gasteiger charge is 2.33. The number of anilines is 1. The van der Waals surface area contributed by atoms with Crippen molar-refractivity contribution in [2.75, 3.05) is 5.32 Å². The summed E-state index contributed by atoms with van der Waals surface area (Å²) >= 11 is 2.10. The van der Waals surface area contributed by atoms with Gasteiger partial charge in [0.2, 0.25) is 0 Å². The summed E-state index contributed by atoms with van der Waals surface area (Å²) in [6, 6.07) is 10.4. The SMILES string of the molecule is O=C(Cn1cnc([N+](=O)[O-])c1[N+](=O)[O-])Nc1cc(Oc2ccc(I)cc2)cc([N+](=O)[O-])c1. The maximum Gasteiger partial charge on any atom is 0.462 e. The van der Waals surface area contributed by atoms with E-state index in [0.29, 0.717) is 10.3 Å². The van der Waals surface area contributed by atoms with Crippen molar-refractivity contribution >= 4 is 51.5 Å². The second kappa shape index (κ2) is 9.33. The summed E-state index contributed by atoms with van der Waals surface area (Å²) in [5.74, 6) is -2.33. The van der Waals surface area contributed by atoms with Crippen molar-refractivity contribution in [2.45, 2.75) is 6.54 Å². The lowest BCUT2D eigenvalue weighted by Gasteiger charge is -2.09. The van der Waals surface area contributed by atoms with E-state index in [4.69, 9.17) is 4.74 Å². The Hall–Kier alpha value is -4.15. The number of halogens is 1. The highest BCUT2D eigenvalue weighted by atomic mass is 127. The molecule has 0 aliphatic rings. The molecule has 1 aromatic heterocycles. The van der Waals surface area contributed by atoms with Gasteiger partial charge in [-0.1, -0.05) is 0 Å². The number of hydrogen-bond acceptors (Lipinski definition) is 9. The first-order chi connectivity index (χ1) is 15.1. The lowest BCUT2D eigenvalue weighted by molar-refractivity contribution is -0.428. The number of nitro groups is 3. The average molecular weight is 554 g/mol.